The van der Waals surface area contributed by atoms with Crippen LogP contribution in [0, 0.1) is 11.3 Å². The Morgan fingerprint density at radius 2 is 1.76 bits per heavy atom. The topological polar surface area (TPSA) is 123 Å². The highest BCUT2D eigenvalue weighted by atomic mass is 32.1. The number of amides is 1. The Kier molecular flexibility index (Phi) is 6.38. The molecule has 0 saturated carbocycles. The van der Waals surface area contributed by atoms with E-state index in [4.69, 9.17) is 19.9 Å². The molecule has 0 spiro atoms. The number of hydrogen-bond acceptors (Lipinski definition) is 9. The number of thiophene rings is 1. The average Bonchev–Trinajstić information content (AvgIpc) is 3.36. The maximum absolute atomic E-state index is 13.4. The average molecular weight is 478 g/mol. The Morgan fingerprint density at radius 3 is 2.38 bits per heavy atom. The van der Waals surface area contributed by atoms with Crippen LogP contribution in [0.3, 0.4) is 0 Å². The van der Waals surface area contributed by atoms with Crippen molar-refractivity contribution in [1.82, 2.24) is 9.88 Å². The van der Waals surface area contributed by atoms with Crippen LogP contribution in [0.1, 0.15) is 28.0 Å². The largest absolute Gasteiger partial charge is 0.493 e. The molecular formula is C24H23N5O4S. The number of likely N-dealkylation sites (N-methyl/N-ethyl adjacent to an activating group) is 1. The normalized spacial score (nSPS) is 17.7. The van der Waals surface area contributed by atoms with Crippen LogP contribution in [0.4, 0.5) is 0 Å². The number of nitrogens with zero attached hydrogens (tertiary/aromatic N) is 4. The maximum Gasteiger partial charge on any atom is 0.239 e. The molecule has 9 nitrogen and oxygen atoms in total. The number of carbonyl (C=O) groups excluding carboxylic acids is 1. The number of guanidine groups is 1. The van der Waals surface area contributed by atoms with Crippen molar-refractivity contribution in [3.8, 4) is 34.4 Å². The minimum Gasteiger partial charge on any atom is -0.493 e. The van der Waals surface area contributed by atoms with E-state index < -0.39 is 12.0 Å². The van der Waals surface area contributed by atoms with E-state index >= 15 is 0 Å². The molecule has 0 fully saturated rings. The molecule has 3 heterocycles. The second-order valence-corrected chi connectivity index (χ2v) is 8.52. The van der Waals surface area contributed by atoms with Gasteiger partial charge in [0.15, 0.2) is 17.5 Å². The lowest BCUT2D eigenvalue weighted by Crippen LogP contribution is -2.46. The number of benzene rings is 1. The van der Waals surface area contributed by atoms with Crippen molar-refractivity contribution in [3.05, 3.63) is 58.0 Å². The molecule has 1 aliphatic rings. The van der Waals surface area contributed by atoms with Crippen molar-refractivity contribution in [2.75, 3.05) is 28.4 Å². The molecule has 0 aliphatic carbocycles. The van der Waals surface area contributed by atoms with E-state index in [-0.39, 0.29) is 11.9 Å². The molecule has 0 radical (unpaired) electrons. The van der Waals surface area contributed by atoms with Gasteiger partial charge in [-0.15, -0.1) is 11.3 Å². The molecular weight excluding hydrogens is 454 g/mol. The molecule has 174 valence electrons. The van der Waals surface area contributed by atoms with Crippen molar-refractivity contribution < 1.29 is 19.0 Å². The molecule has 1 aromatic carbocycles. The SMILES string of the molecule is COc1cc(C2C(=O)N(C)C(N)=N[C@@H]2c2cc(-c3cncc(C#N)c3)cs2)cc(OC)c1OC. The Hall–Kier alpha value is -4.10. The Balaban J connectivity index is 1.82. The third-order valence-electron chi connectivity index (χ3n) is 5.69. The summed E-state index contributed by atoms with van der Waals surface area (Å²) >= 11 is 1.46. The highest BCUT2D eigenvalue weighted by molar-refractivity contribution is 7.10. The van der Waals surface area contributed by atoms with Crippen LogP contribution in [0.2, 0.25) is 0 Å². The summed E-state index contributed by atoms with van der Waals surface area (Å²) in [5, 5.41) is 11.1. The molecule has 0 saturated heterocycles. The second kappa shape index (κ2) is 9.41. The molecule has 1 amide bonds. The fraction of sp³-hybridized carbons (Fsp3) is 0.250. The van der Waals surface area contributed by atoms with Gasteiger partial charge in [-0.05, 0) is 40.8 Å². The van der Waals surface area contributed by atoms with Gasteiger partial charge in [0.1, 0.15) is 12.1 Å². The quantitative estimate of drug-likeness (QED) is 0.578. The fourth-order valence-electron chi connectivity index (χ4n) is 3.91. The van der Waals surface area contributed by atoms with Crippen molar-refractivity contribution in [2.45, 2.75) is 12.0 Å². The van der Waals surface area contributed by atoms with Crippen molar-refractivity contribution >= 4 is 23.2 Å². The van der Waals surface area contributed by atoms with E-state index in [1.165, 1.54) is 43.8 Å². The van der Waals surface area contributed by atoms with Crippen LogP contribution in [-0.2, 0) is 4.79 Å². The van der Waals surface area contributed by atoms with E-state index in [0.717, 1.165) is 16.0 Å². The Morgan fingerprint density at radius 1 is 1.06 bits per heavy atom. The Labute approximate surface area is 201 Å². The molecule has 1 unspecified atom stereocenters. The zero-order valence-corrected chi connectivity index (χ0v) is 19.9. The van der Waals surface area contributed by atoms with Crippen LogP contribution in [-0.4, -0.2) is 50.1 Å². The number of methoxy groups -OCH3 is 3. The number of hydrogen-bond donors (Lipinski definition) is 1. The second-order valence-electron chi connectivity index (χ2n) is 7.58. The standard InChI is InChI=1S/C24H23N5O4S/c1-29-23(30)20(14-6-17(31-2)22(33-4)18(7-14)32-3)21(28-24(29)26)19-8-16(12-34-19)15-5-13(9-25)10-27-11-15/h5-8,10-12,20-21H,1-4H3,(H2,26,28)/t20?,21-/m1/s1. The molecule has 3 aromatic rings. The van der Waals surface area contributed by atoms with Gasteiger partial charge < -0.3 is 19.9 Å². The first-order valence-electron chi connectivity index (χ1n) is 10.3. The third kappa shape index (κ3) is 4.02. The molecule has 1 aliphatic heterocycles. The van der Waals surface area contributed by atoms with Crippen molar-refractivity contribution in [2.24, 2.45) is 10.7 Å². The first-order chi connectivity index (χ1) is 16.4. The van der Waals surface area contributed by atoms with Gasteiger partial charge in [-0.2, -0.15) is 5.26 Å². The highest BCUT2D eigenvalue weighted by Gasteiger charge is 2.40. The molecule has 2 N–H and O–H groups in total. The highest BCUT2D eigenvalue weighted by Crippen LogP contribution is 2.46. The van der Waals surface area contributed by atoms with Gasteiger partial charge in [0.05, 0.1) is 32.8 Å². The summed E-state index contributed by atoms with van der Waals surface area (Å²) in [6.07, 6.45) is 3.21. The van der Waals surface area contributed by atoms with Crippen LogP contribution < -0.4 is 19.9 Å². The number of aromatic nitrogens is 1. The van der Waals surface area contributed by atoms with Gasteiger partial charge >= 0.3 is 0 Å². The molecule has 4 rings (SSSR count). The van der Waals surface area contributed by atoms with E-state index in [1.54, 1.807) is 31.4 Å². The van der Waals surface area contributed by atoms with Gasteiger partial charge in [-0.3, -0.25) is 14.7 Å². The summed E-state index contributed by atoms with van der Waals surface area (Å²) in [7, 11) is 6.18. The predicted molar refractivity (Wildman–Crippen MR) is 128 cm³/mol. The van der Waals surface area contributed by atoms with Gasteiger partial charge in [0.25, 0.3) is 0 Å². The van der Waals surface area contributed by atoms with E-state index in [0.29, 0.717) is 28.4 Å². The third-order valence-corrected chi connectivity index (χ3v) is 6.69. The molecule has 0 bridgehead atoms. The van der Waals surface area contributed by atoms with Gasteiger partial charge in [0.2, 0.25) is 11.7 Å². The number of pyridine rings is 1. The summed E-state index contributed by atoms with van der Waals surface area (Å²) in [4.78, 5) is 24.4. The number of aliphatic imine (C=N–C) groups is 1. The number of rotatable bonds is 6. The lowest BCUT2D eigenvalue weighted by Gasteiger charge is -2.33. The predicted octanol–water partition coefficient (Wildman–Crippen LogP) is 3.32. The molecule has 34 heavy (non-hydrogen) atoms. The van der Waals surface area contributed by atoms with Crippen LogP contribution >= 0.6 is 11.3 Å². The lowest BCUT2D eigenvalue weighted by atomic mass is 9.87. The lowest BCUT2D eigenvalue weighted by molar-refractivity contribution is -0.129. The van der Waals surface area contributed by atoms with Gasteiger partial charge in [-0.1, -0.05) is 0 Å². The van der Waals surface area contributed by atoms with Crippen LogP contribution in [0.25, 0.3) is 11.1 Å². The summed E-state index contributed by atoms with van der Waals surface area (Å²) < 4.78 is 16.4. The van der Waals surface area contributed by atoms with E-state index in [1.807, 2.05) is 11.4 Å². The van der Waals surface area contributed by atoms with Crippen LogP contribution in [0.5, 0.6) is 17.2 Å². The molecule has 2 aromatic heterocycles. The fourth-order valence-corrected chi connectivity index (χ4v) is 4.90. The summed E-state index contributed by atoms with van der Waals surface area (Å²) in [6, 6.07) is 8.79. The number of ether oxygens (including phenoxy) is 3. The summed E-state index contributed by atoms with van der Waals surface area (Å²) in [6.45, 7) is 0. The molecule has 10 heteroatoms. The number of nitrogens with two attached hydrogens (primary N) is 1. The minimum atomic E-state index is -0.666. The summed E-state index contributed by atoms with van der Waals surface area (Å²) in [5.41, 5.74) is 8.92. The zero-order chi connectivity index (χ0) is 24.4. The first kappa shape index (κ1) is 23.1. The minimum absolute atomic E-state index is 0.141. The van der Waals surface area contributed by atoms with Crippen molar-refractivity contribution in [1.29, 1.82) is 5.26 Å². The van der Waals surface area contributed by atoms with Crippen LogP contribution in [0.15, 0.2) is 47.0 Å². The summed E-state index contributed by atoms with van der Waals surface area (Å²) in [5.74, 6) is 0.602. The smallest absolute Gasteiger partial charge is 0.239 e. The molecule has 2 atom stereocenters. The Bertz CT molecular complexity index is 1290. The monoisotopic (exact) mass is 477 g/mol. The van der Waals surface area contributed by atoms with Gasteiger partial charge in [0, 0.05) is 29.9 Å². The number of carbonyl (C=O) groups is 1. The van der Waals surface area contributed by atoms with E-state index in [2.05, 4.69) is 16.0 Å². The maximum atomic E-state index is 13.4. The number of nitriles is 1. The first-order valence-corrected chi connectivity index (χ1v) is 11.1. The zero-order valence-electron chi connectivity index (χ0n) is 19.1. The van der Waals surface area contributed by atoms with E-state index in [9.17, 15) is 10.1 Å². The van der Waals surface area contributed by atoms with Gasteiger partial charge in [-0.25, -0.2) is 4.99 Å². The van der Waals surface area contributed by atoms with Crippen molar-refractivity contribution in [3.63, 3.8) is 0 Å².